The predicted octanol–water partition coefficient (Wildman–Crippen LogP) is 2.95. The van der Waals surface area contributed by atoms with Crippen molar-refractivity contribution in [2.24, 2.45) is 5.92 Å². The standard InChI is InChI=1S/C18H37N3O2/c1-7-15(2)20(6)13-10-19-14-16-8-11-21(12-9-16)17(22)23-18(3,4)5/h15-16,19H,7-14H2,1-6H3. The zero-order chi connectivity index (χ0) is 17.5. The maximum absolute atomic E-state index is 12.0. The van der Waals surface area contributed by atoms with Gasteiger partial charge in [0.2, 0.25) is 0 Å². The first-order chi connectivity index (χ1) is 10.7. The van der Waals surface area contributed by atoms with Gasteiger partial charge in [-0.15, -0.1) is 0 Å². The lowest BCUT2D eigenvalue weighted by Crippen LogP contribution is -2.43. The number of amides is 1. The molecule has 0 aromatic carbocycles. The minimum absolute atomic E-state index is 0.168. The number of carbonyl (C=O) groups excluding carboxylic acids is 1. The van der Waals surface area contributed by atoms with Crippen LogP contribution < -0.4 is 5.32 Å². The molecule has 5 heteroatoms. The Morgan fingerprint density at radius 1 is 1.35 bits per heavy atom. The van der Waals surface area contributed by atoms with Crippen LogP contribution in [0.4, 0.5) is 4.79 Å². The molecule has 23 heavy (non-hydrogen) atoms. The molecule has 1 saturated heterocycles. The first kappa shape index (κ1) is 20.2. The fraction of sp³-hybridized carbons (Fsp3) is 0.944. The van der Waals surface area contributed by atoms with Gasteiger partial charge in [-0.05, 0) is 66.5 Å². The maximum Gasteiger partial charge on any atom is 0.410 e. The Hall–Kier alpha value is -0.810. The Balaban J connectivity index is 2.16. The second-order valence-corrected chi connectivity index (χ2v) is 7.85. The van der Waals surface area contributed by atoms with E-state index in [0.717, 1.165) is 45.6 Å². The van der Waals surface area contributed by atoms with E-state index >= 15 is 0 Å². The Labute approximate surface area is 142 Å². The molecule has 0 aromatic heterocycles. The highest BCUT2D eigenvalue weighted by atomic mass is 16.6. The van der Waals surface area contributed by atoms with Crippen LogP contribution in [0.5, 0.6) is 0 Å². The van der Waals surface area contributed by atoms with Gasteiger partial charge in [-0.25, -0.2) is 4.79 Å². The van der Waals surface area contributed by atoms with E-state index in [4.69, 9.17) is 4.74 Å². The van der Waals surface area contributed by atoms with Gasteiger partial charge >= 0.3 is 6.09 Å². The topological polar surface area (TPSA) is 44.8 Å². The summed E-state index contributed by atoms with van der Waals surface area (Å²) in [7, 11) is 2.19. The third-order valence-corrected chi connectivity index (χ3v) is 4.68. The van der Waals surface area contributed by atoms with Crippen LogP contribution in [0.15, 0.2) is 0 Å². The molecule has 1 aliphatic rings. The molecule has 0 bridgehead atoms. The molecular formula is C18H37N3O2. The summed E-state index contributed by atoms with van der Waals surface area (Å²) in [6.07, 6.45) is 3.15. The van der Waals surface area contributed by atoms with Crippen LogP contribution in [0.25, 0.3) is 0 Å². The van der Waals surface area contributed by atoms with Crippen molar-refractivity contribution in [1.29, 1.82) is 0 Å². The van der Waals surface area contributed by atoms with Gasteiger partial charge < -0.3 is 19.9 Å². The molecular weight excluding hydrogens is 290 g/mol. The van der Waals surface area contributed by atoms with Crippen molar-refractivity contribution in [3.63, 3.8) is 0 Å². The van der Waals surface area contributed by atoms with Crippen LogP contribution in [-0.2, 0) is 4.74 Å². The van der Waals surface area contributed by atoms with E-state index in [-0.39, 0.29) is 6.09 Å². The molecule has 136 valence electrons. The molecule has 0 saturated carbocycles. The number of hydrogen-bond donors (Lipinski definition) is 1. The third-order valence-electron chi connectivity index (χ3n) is 4.68. The summed E-state index contributed by atoms with van der Waals surface area (Å²) in [4.78, 5) is 16.3. The van der Waals surface area contributed by atoms with Crippen LogP contribution in [0.2, 0.25) is 0 Å². The quantitative estimate of drug-likeness (QED) is 0.730. The van der Waals surface area contributed by atoms with Crippen LogP contribution in [-0.4, -0.2) is 67.3 Å². The highest BCUT2D eigenvalue weighted by Crippen LogP contribution is 2.19. The summed E-state index contributed by atoms with van der Waals surface area (Å²) < 4.78 is 5.44. The SMILES string of the molecule is CCC(C)N(C)CCNCC1CCN(C(=O)OC(C)(C)C)CC1. The smallest absolute Gasteiger partial charge is 0.410 e. The average molecular weight is 328 g/mol. The van der Waals surface area contributed by atoms with E-state index in [2.05, 4.69) is 31.1 Å². The van der Waals surface area contributed by atoms with E-state index in [1.807, 2.05) is 25.7 Å². The number of likely N-dealkylation sites (N-methyl/N-ethyl adjacent to an activating group) is 1. The molecule has 0 aromatic rings. The van der Waals surface area contributed by atoms with Gasteiger partial charge in [0.05, 0.1) is 0 Å². The number of nitrogens with one attached hydrogen (secondary N) is 1. The average Bonchev–Trinajstić information content (AvgIpc) is 2.49. The molecule has 1 aliphatic heterocycles. The number of rotatable bonds is 7. The molecule has 1 atom stereocenters. The van der Waals surface area contributed by atoms with Crippen molar-refractivity contribution in [3.8, 4) is 0 Å². The third kappa shape index (κ3) is 8.02. The number of ether oxygens (including phenoxy) is 1. The lowest BCUT2D eigenvalue weighted by molar-refractivity contribution is 0.0184. The van der Waals surface area contributed by atoms with Crippen LogP contribution >= 0.6 is 0 Å². The van der Waals surface area contributed by atoms with Gasteiger partial charge in [0, 0.05) is 32.2 Å². The predicted molar refractivity (Wildman–Crippen MR) is 95.8 cm³/mol. The summed E-state index contributed by atoms with van der Waals surface area (Å²) in [6.45, 7) is 15.0. The summed E-state index contributed by atoms with van der Waals surface area (Å²) in [5.74, 6) is 0.669. The van der Waals surface area contributed by atoms with E-state index in [1.54, 1.807) is 0 Å². The van der Waals surface area contributed by atoms with E-state index in [0.29, 0.717) is 12.0 Å². The van der Waals surface area contributed by atoms with Crippen LogP contribution in [0.1, 0.15) is 53.9 Å². The van der Waals surface area contributed by atoms with Gasteiger partial charge in [-0.2, -0.15) is 0 Å². The van der Waals surface area contributed by atoms with Crippen molar-refractivity contribution < 1.29 is 9.53 Å². The van der Waals surface area contributed by atoms with Crippen molar-refractivity contribution in [1.82, 2.24) is 15.1 Å². The van der Waals surface area contributed by atoms with Crippen molar-refractivity contribution >= 4 is 6.09 Å². The van der Waals surface area contributed by atoms with Gasteiger partial charge in [-0.3, -0.25) is 0 Å². The highest BCUT2D eigenvalue weighted by molar-refractivity contribution is 5.68. The summed E-state index contributed by atoms with van der Waals surface area (Å²) in [6, 6.07) is 0.647. The minimum atomic E-state index is -0.406. The monoisotopic (exact) mass is 327 g/mol. The molecule has 0 radical (unpaired) electrons. The summed E-state index contributed by atoms with van der Waals surface area (Å²) >= 11 is 0. The fourth-order valence-corrected chi connectivity index (χ4v) is 2.74. The van der Waals surface area contributed by atoms with Crippen molar-refractivity contribution in [2.45, 2.75) is 65.5 Å². The zero-order valence-corrected chi connectivity index (χ0v) is 16.0. The molecule has 5 nitrogen and oxygen atoms in total. The van der Waals surface area contributed by atoms with E-state index in [1.165, 1.54) is 6.42 Å². The normalized spacial score (nSPS) is 18.3. The van der Waals surface area contributed by atoms with Crippen LogP contribution in [0.3, 0.4) is 0 Å². The Morgan fingerprint density at radius 3 is 2.48 bits per heavy atom. The lowest BCUT2D eigenvalue weighted by atomic mass is 9.97. The van der Waals surface area contributed by atoms with Gasteiger partial charge in [0.25, 0.3) is 0 Å². The number of likely N-dealkylation sites (tertiary alicyclic amines) is 1. The van der Waals surface area contributed by atoms with Crippen molar-refractivity contribution in [3.05, 3.63) is 0 Å². The molecule has 1 rings (SSSR count). The molecule has 1 fully saturated rings. The minimum Gasteiger partial charge on any atom is -0.444 e. The molecule has 0 spiro atoms. The van der Waals surface area contributed by atoms with E-state index in [9.17, 15) is 4.79 Å². The Bertz CT molecular complexity index is 347. The Morgan fingerprint density at radius 2 is 1.96 bits per heavy atom. The van der Waals surface area contributed by atoms with E-state index < -0.39 is 5.60 Å². The highest BCUT2D eigenvalue weighted by Gasteiger charge is 2.26. The second kappa shape index (κ2) is 9.48. The molecule has 0 aliphatic carbocycles. The fourth-order valence-electron chi connectivity index (χ4n) is 2.74. The zero-order valence-electron chi connectivity index (χ0n) is 16.0. The number of carbonyl (C=O) groups is 1. The lowest BCUT2D eigenvalue weighted by Gasteiger charge is -2.33. The molecule has 1 amide bonds. The summed E-state index contributed by atoms with van der Waals surface area (Å²) in [5, 5.41) is 3.57. The molecule has 1 heterocycles. The van der Waals surface area contributed by atoms with Gasteiger partial charge in [-0.1, -0.05) is 6.92 Å². The number of hydrogen-bond acceptors (Lipinski definition) is 4. The number of nitrogens with zero attached hydrogens (tertiary/aromatic N) is 2. The van der Waals surface area contributed by atoms with Crippen molar-refractivity contribution in [2.75, 3.05) is 39.8 Å². The summed E-state index contributed by atoms with van der Waals surface area (Å²) in [5.41, 5.74) is -0.406. The molecule has 1 unspecified atom stereocenters. The van der Waals surface area contributed by atoms with Crippen LogP contribution in [0, 0.1) is 5.92 Å². The van der Waals surface area contributed by atoms with Gasteiger partial charge in [0.15, 0.2) is 0 Å². The largest absolute Gasteiger partial charge is 0.444 e. The Kier molecular flexibility index (Phi) is 8.34. The molecule has 1 N–H and O–H groups in total. The first-order valence-electron chi connectivity index (χ1n) is 9.11. The first-order valence-corrected chi connectivity index (χ1v) is 9.11. The number of piperidine rings is 1. The maximum atomic E-state index is 12.0. The van der Waals surface area contributed by atoms with Gasteiger partial charge in [0.1, 0.15) is 5.60 Å². The second-order valence-electron chi connectivity index (χ2n) is 7.85.